The second-order valence-corrected chi connectivity index (χ2v) is 8.73. The Kier molecular flexibility index (Phi) is 8.21. The molecule has 1 aliphatic heterocycles. The highest BCUT2D eigenvalue weighted by atomic mass is 32.2. The summed E-state index contributed by atoms with van der Waals surface area (Å²) in [5.41, 5.74) is 2.45. The third-order valence-corrected chi connectivity index (χ3v) is 5.97. The normalized spacial score (nSPS) is 22.5. The summed E-state index contributed by atoms with van der Waals surface area (Å²) in [5, 5.41) is 18.2. The lowest BCUT2D eigenvalue weighted by Gasteiger charge is -2.28. The fraction of sp³-hybridized carbons (Fsp3) is 0.833. The molecule has 1 saturated heterocycles. The second kappa shape index (κ2) is 10.2. The maximum Gasteiger partial charge on any atom is 0.271 e. The van der Waals surface area contributed by atoms with Crippen LogP contribution in [-0.2, 0) is 9.59 Å². The summed E-state index contributed by atoms with van der Waals surface area (Å²) in [5.74, 6) is 0.559. The molecule has 1 aliphatic carbocycles. The summed E-state index contributed by atoms with van der Waals surface area (Å²) in [4.78, 5) is 26.8. The average Bonchev–Trinajstić information content (AvgIpc) is 3.03. The van der Waals surface area contributed by atoms with Gasteiger partial charge in [-0.2, -0.15) is 0 Å². The highest BCUT2D eigenvalue weighted by molar-refractivity contribution is 8.14. The van der Waals surface area contributed by atoms with Crippen molar-refractivity contribution in [2.45, 2.75) is 64.5 Å². The van der Waals surface area contributed by atoms with Crippen LogP contribution in [-0.4, -0.2) is 58.5 Å². The lowest BCUT2D eigenvalue weighted by Crippen LogP contribution is -2.52. The summed E-state index contributed by atoms with van der Waals surface area (Å²) >= 11 is 1.56. The van der Waals surface area contributed by atoms with Gasteiger partial charge in [0.2, 0.25) is 5.91 Å². The number of aliphatic hydroxyl groups excluding tert-OH is 1. The maximum absolute atomic E-state index is 12.5. The van der Waals surface area contributed by atoms with Crippen molar-refractivity contribution in [2.75, 3.05) is 19.3 Å². The van der Waals surface area contributed by atoms with E-state index in [-0.39, 0.29) is 17.7 Å². The number of nitrogens with one attached hydrogen (secondary N) is 2. The zero-order chi connectivity index (χ0) is 19.1. The molecule has 1 saturated carbocycles. The number of nitrogens with zero attached hydrogens (tertiary/aromatic N) is 2. The highest BCUT2D eigenvalue weighted by Gasteiger charge is 2.31. The number of hydrogen-bond donors (Lipinski definition) is 3. The van der Waals surface area contributed by atoms with Gasteiger partial charge in [0, 0.05) is 25.3 Å². The zero-order valence-electron chi connectivity index (χ0n) is 16.0. The number of rotatable bonds is 7. The van der Waals surface area contributed by atoms with Crippen LogP contribution in [0.25, 0.3) is 0 Å². The SMILES string of the molecule is CC(C)CC(NC(=O)C1CCCCC1)C(O)C(=O)NN=C1SCCN1C. The molecule has 2 fully saturated rings. The Hall–Kier alpha value is -1.28. The molecular weight excluding hydrogens is 352 g/mol. The monoisotopic (exact) mass is 384 g/mol. The van der Waals surface area contributed by atoms with Crippen LogP contribution in [0.5, 0.6) is 0 Å². The van der Waals surface area contributed by atoms with Crippen LogP contribution < -0.4 is 10.7 Å². The first kappa shape index (κ1) is 21.0. The van der Waals surface area contributed by atoms with E-state index in [9.17, 15) is 14.7 Å². The van der Waals surface area contributed by atoms with Crippen LogP contribution in [0.3, 0.4) is 0 Å². The molecule has 0 aromatic heterocycles. The van der Waals surface area contributed by atoms with Gasteiger partial charge >= 0.3 is 0 Å². The number of amidine groups is 1. The third kappa shape index (κ3) is 6.16. The Morgan fingerprint density at radius 2 is 2.00 bits per heavy atom. The lowest BCUT2D eigenvalue weighted by atomic mass is 9.88. The van der Waals surface area contributed by atoms with Crippen LogP contribution >= 0.6 is 11.8 Å². The first-order chi connectivity index (χ1) is 12.4. The molecule has 0 aromatic carbocycles. The summed E-state index contributed by atoms with van der Waals surface area (Å²) in [6.07, 6.45) is 4.32. The number of carbonyl (C=O) groups excluding carboxylic acids is 2. The summed E-state index contributed by atoms with van der Waals surface area (Å²) in [6, 6.07) is -0.599. The molecule has 2 rings (SSSR count). The Labute approximate surface area is 160 Å². The molecule has 2 unspecified atom stereocenters. The van der Waals surface area contributed by atoms with E-state index in [1.807, 2.05) is 25.8 Å². The van der Waals surface area contributed by atoms with Crippen molar-refractivity contribution >= 4 is 28.7 Å². The largest absolute Gasteiger partial charge is 0.381 e. The average molecular weight is 385 g/mol. The molecule has 0 bridgehead atoms. The van der Waals surface area contributed by atoms with E-state index in [4.69, 9.17) is 0 Å². The van der Waals surface area contributed by atoms with Gasteiger partial charge < -0.3 is 15.3 Å². The van der Waals surface area contributed by atoms with Crippen molar-refractivity contribution < 1.29 is 14.7 Å². The smallest absolute Gasteiger partial charge is 0.271 e. The van der Waals surface area contributed by atoms with Gasteiger partial charge in [0.25, 0.3) is 5.91 Å². The van der Waals surface area contributed by atoms with Gasteiger partial charge in [-0.25, -0.2) is 5.43 Å². The van der Waals surface area contributed by atoms with Gasteiger partial charge in [-0.1, -0.05) is 44.9 Å². The number of amides is 2. The second-order valence-electron chi connectivity index (χ2n) is 7.66. The van der Waals surface area contributed by atoms with Crippen molar-refractivity contribution in [3.63, 3.8) is 0 Å². The third-order valence-electron chi connectivity index (χ3n) is 4.92. The number of hydrogen-bond acceptors (Lipinski definition) is 5. The van der Waals surface area contributed by atoms with Gasteiger partial charge in [-0.3, -0.25) is 9.59 Å². The minimum atomic E-state index is -1.31. The first-order valence-corrected chi connectivity index (χ1v) is 10.6. The quantitative estimate of drug-likeness (QED) is 0.579. The van der Waals surface area contributed by atoms with E-state index in [1.165, 1.54) is 6.42 Å². The summed E-state index contributed by atoms with van der Waals surface area (Å²) in [7, 11) is 1.91. The van der Waals surface area contributed by atoms with Crippen LogP contribution in [0.1, 0.15) is 52.4 Å². The zero-order valence-corrected chi connectivity index (χ0v) is 16.8. The Balaban J connectivity index is 1.95. The Morgan fingerprint density at radius 3 is 2.58 bits per heavy atom. The topological polar surface area (TPSA) is 94.0 Å². The number of carbonyl (C=O) groups is 2. The van der Waals surface area contributed by atoms with Crippen molar-refractivity contribution in [2.24, 2.45) is 16.9 Å². The maximum atomic E-state index is 12.5. The molecule has 26 heavy (non-hydrogen) atoms. The predicted octanol–water partition coefficient (Wildman–Crippen LogP) is 1.52. The Bertz CT molecular complexity index is 521. The molecule has 148 valence electrons. The van der Waals surface area contributed by atoms with Gasteiger partial charge in [-0.15, -0.1) is 5.10 Å². The molecule has 7 nitrogen and oxygen atoms in total. The molecule has 8 heteroatoms. The lowest BCUT2D eigenvalue weighted by molar-refractivity contribution is -0.133. The first-order valence-electron chi connectivity index (χ1n) is 9.58. The summed E-state index contributed by atoms with van der Waals surface area (Å²) in [6.45, 7) is 4.90. The fourth-order valence-electron chi connectivity index (χ4n) is 3.39. The van der Waals surface area contributed by atoms with Gasteiger partial charge in [0.1, 0.15) is 0 Å². The minimum Gasteiger partial charge on any atom is -0.381 e. The van der Waals surface area contributed by atoms with Gasteiger partial charge in [0.15, 0.2) is 11.3 Å². The molecule has 3 N–H and O–H groups in total. The molecule has 2 amide bonds. The molecular formula is C18H32N4O3S. The van der Waals surface area contributed by atoms with E-state index in [1.54, 1.807) is 11.8 Å². The predicted molar refractivity (Wildman–Crippen MR) is 105 cm³/mol. The minimum absolute atomic E-state index is 0.00236. The molecule has 2 atom stereocenters. The van der Waals surface area contributed by atoms with E-state index >= 15 is 0 Å². The van der Waals surface area contributed by atoms with Crippen molar-refractivity contribution in [3.8, 4) is 0 Å². The number of hydrazone groups is 1. The van der Waals surface area contributed by atoms with E-state index in [0.29, 0.717) is 6.42 Å². The molecule has 0 spiro atoms. The van der Waals surface area contributed by atoms with Crippen molar-refractivity contribution in [1.29, 1.82) is 0 Å². The van der Waals surface area contributed by atoms with Crippen molar-refractivity contribution in [1.82, 2.24) is 15.6 Å². The fourth-order valence-corrected chi connectivity index (χ4v) is 4.36. The number of thioether (sulfide) groups is 1. The highest BCUT2D eigenvalue weighted by Crippen LogP contribution is 2.24. The van der Waals surface area contributed by atoms with Gasteiger partial charge in [-0.05, 0) is 25.2 Å². The van der Waals surface area contributed by atoms with Crippen LogP contribution in [0.2, 0.25) is 0 Å². The summed E-state index contributed by atoms with van der Waals surface area (Å²) < 4.78 is 0. The van der Waals surface area contributed by atoms with E-state index in [2.05, 4.69) is 15.8 Å². The van der Waals surface area contributed by atoms with E-state index in [0.717, 1.165) is 43.1 Å². The van der Waals surface area contributed by atoms with Crippen molar-refractivity contribution in [3.05, 3.63) is 0 Å². The Morgan fingerprint density at radius 1 is 1.31 bits per heavy atom. The van der Waals surface area contributed by atoms with Gasteiger partial charge in [0.05, 0.1) is 6.04 Å². The standard InChI is InChI=1S/C18H32N4O3S/c1-12(2)11-14(19-16(24)13-7-5-4-6-8-13)15(23)17(25)20-21-18-22(3)9-10-26-18/h12-15,23H,4-11H2,1-3H3,(H,19,24)(H,20,25). The molecule has 2 aliphatic rings. The van der Waals surface area contributed by atoms with Crippen LogP contribution in [0.15, 0.2) is 5.10 Å². The molecule has 1 heterocycles. The van der Waals surface area contributed by atoms with Crippen LogP contribution in [0, 0.1) is 11.8 Å². The molecule has 0 radical (unpaired) electrons. The number of aliphatic hydroxyl groups is 1. The van der Waals surface area contributed by atoms with E-state index < -0.39 is 18.1 Å². The molecule has 0 aromatic rings. The van der Waals surface area contributed by atoms with Crippen LogP contribution in [0.4, 0.5) is 0 Å².